The summed E-state index contributed by atoms with van der Waals surface area (Å²) < 4.78 is 0. The maximum absolute atomic E-state index is 8.27. The van der Waals surface area contributed by atoms with E-state index in [1.807, 2.05) is 0 Å². The average molecular weight is 113 g/mol. The van der Waals surface area contributed by atoms with Crippen LogP contribution in [0.15, 0.2) is 24.9 Å². The number of hydrogen-bond acceptors (Lipinski definition) is 2. The van der Waals surface area contributed by atoms with Crippen LogP contribution in [0, 0.1) is 0 Å². The molecule has 0 aromatic heterocycles. The van der Waals surface area contributed by atoms with Crippen LogP contribution in [-0.4, -0.2) is 18.3 Å². The molecule has 2 heteroatoms. The number of nitrogens with one attached hydrogen (secondary N) is 1. The number of aliphatic hydroxyl groups is 1. The van der Waals surface area contributed by atoms with Gasteiger partial charge < -0.3 is 10.4 Å². The maximum atomic E-state index is 8.27. The van der Waals surface area contributed by atoms with Gasteiger partial charge in [0.2, 0.25) is 0 Å². The Bertz CT molecular complexity index is 88.5. The predicted molar refractivity (Wildman–Crippen MR) is 34.4 cm³/mol. The summed E-state index contributed by atoms with van der Waals surface area (Å²) in [6.07, 6.45) is 1.61. The fourth-order valence-electron chi connectivity index (χ4n) is 0.289. The zero-order chi connectivity index (χ0) is 6.41. The first-order valence-corrected chi connectivity index (χ1v) is 2.47. The summed E-state index contributed by atoms with van der Waals surface area (Å²) in [6.45, 7) is 7.72. The third kappa shape index (κ3) is 3.43. The molecule has 0 bridgehead atoms. The molecule has 0 saturated heterocycles. The molecule has 2 N–H and O–H groups in total. The molecule has 0 amide bonds. The van der Waals surface area contributed by atoms with Gasteiger partial charge in [-0.1, -0.05) is 13.2 Å². The maximum Gasteiger partial charge on any atom is 0.0604 e. The quantitative estimate of drug-likeness (QED) is 0.513. The van der Waals surface area contributed by atoms with Crippen molar-refractivity contribution < 1.29 is 5.11 Å². The van der Waals surface area contributed by atoms with Gasteiger partial charge in [0.05, 0.1) is 6.61 Å². The minimum absolute atomic E-state index is 0.132. The predicted octanol–water partition coefficient (Wildman–Crippen LogP) is 0.268. The van der Waals surface area contributed by atoms with E-state index < -0.39 is 0 Å². The van der Waals surface area contributed by atoms with Crippen LogP contribution in [0.25, 0.3) is 0 Å². The Morgan fingerprint density at radius 2 is 2.38 bits per heavy atom. The molecule has 0 heterocycles. The first-order valence-electron chi connectivity index (χ1n) is 2.47. The van der Waals surface area contributed by atoms with E-state index in [1.165, 1.54) is 0 Å². The average Bonchev–Trinajstić information content (AvgIpc) is 1.83. The Labute approximate surface area is 49.5 Å². The van der Waals surface area contributed by atoms with Crippen LogP contribution in [0.3, 0.4) is 0 Å². The summed E-state index contributed by atoms with van der Waals surface area (Å²) in [5.41, 5.74) is 0.749. The van der Waals surface area contributed by atoms with Crippen LogP contribution in [-0.2, 0) is 0 Å². The molecule has 0 unspecified atom stereocenters. The summed E-state index contributed by atoms with van der Waals surface area (Å²) in [4.78, 5) is 0. The highest BCUT2D eigenvalue weighted by Gasteiger charge is 1.80. The Morgan fingerprint density at radius 3 is 2.75 bits per heavy atom. The number of rotatable bonds is 4. The molecule has 0 aromatic carbocycles. The molecule has 0 spiro atoms. The molecular weight excluding hydrogens is 102 g/mol. The molecule has 0 fully saturated rings. The molecule has 2 nitrogen and oxygen atoms in total. The van der Waals surface area contributed by atoms with Crippen molar-refractivity contribution >= 4 is 0 Å². The minimum Gasteiger partial charge on any atom is -0.395 e. The third-order valence-corrected chi connectivity index (χ3v) is 0.710. The van der Waals surface area contributed by atoms with Crippen molar-refractivity contribution in [3.05, 3.63) is 24.9 Å². The van der Waals surface area contributed by atoms with Gasteiger partial charge in [-0.2, -0.15) is 0 Å². The molecule has 46 valence electrons. The fraction of sp³-hybridized carbons (Fsp3) is 0.333. The summed E-state index contributed by atoms with van der Waals surface area (Å²) in [5, 5.41) is 11.1. The van der Waals surface area contributed by atoms with Gasteiger partial charge in [-0.05, 0) is 6.08 Å². The van der Waals surface area contributed by atoms with Crippen molar-refractivity contribution in [3.8, 4) is 0 Å². The van der Waals surface area contributed by atoms with Crippen LogP contribution in [0.2, 0.25) is 0 Å². The SMILES string of the molecule is C=CC(=C)NCCO. The summed E-state index contributed by atoms with van der Waals surface area (Å²) in [5.74, 6) is 0. The van der Waals surface area contributed by atoms with E-state index in [0.29, 0.717) is 6.54 Å². The summed E-state index contributed by atoms with van der Waals surface area (Å²) in [6, 6.07) is 0. The highest BCUT2D eigenvalue weighted by Crippen LogP contribution is 1.79. The molecule has 0 radical (unpaired) electrons. The number of allylic oxidation sites excluding steroid dienone is 1. The van der Waals surface area contributed by atoms with Crippen LogP contribution < -0.4 is 5.32 Å². The van der Waals surface area contributed by atoms with Gasteiger partial charge in [0.15, 0.2) is 0 Å². The van der Waals surface area contributed by atoms with E-state index in [-0.39, 0.29) is 6.61 Å². The Kier molecular flexibility index (Phi) is 3.98. The second-order valence-corrected chi connectivity index (χ2v) is 1.38. The van der Waals surface area contributed by atoms with Crippen LogP contribution in [0.5, 0.6) is 0 Å². The normalized spacial score (nSPS) is 8.12. The van der Waals surface area contributed by atoms with Gasteiger partial charge in [-0.15, -0.1) is 0 Å². The molecule has 0 aromatic rings. The van der Waals surface area contributed by atoms with E-state index in [0.717, 1.165) is 5.70 Å². The van der Waals surface area contributed by atoms with Gasteiger partial charge in [-0.3, -0.25) is 0 Å². The zero-order valence-electron chi connectivity index (χ0n) is 4.85. The van der Waals surface area contributed by atoms with Crippen molar-refractivity contribution in [2.75, 3.05) is 13.2 Å². The topological polar surface area (TPSA) is 32.3 Å². The van der Waals surface area contributed by atoms with Gasteiger partial charge in [0.25, 0.3) is 0 Å². The van der Waals surface area contributed by atoms with Crippen molar-refractivity contribution in [2.24, 2.45) is 0 Å². The molecule has 0 saturated carbocycles. The first-order chi connectivity index (χ1) is 3.81. The number of aliphatic hydroxyl groups excluding tert-OH is 1. The van der Waals surface area contributed by atoms with E-state index in [9.17, 15) is 0 Å². The zero-order valence-corrected chi connectivity index (χ0v) is 4.85. The van der Waals surface area contributed by atoms with E-state index in [1.54, 1.807) is 6.08 Å². The third-order valence-electron chi connectivity index (χ3n) is 0.710. The van der Waals surface area contributed by atoms with E-state index in [4.69, 9.17) is 5.11 Å². The molecule has 0 rings (SSSR count). The van der Waals surface area contributed by atoms with E-state index >= 15 is 0 Å². The molecule has 8 heavy (non-hydrogen) atoms. The van der Waals surface area contributed by atoms with Gasteiger partial charge in [0.1, 0.15) is 0 Å². The largest absolute Gasteiger partial charge is 0.395 e. The van der Waals surface area contributed by atoms with Crippen LogP contribution >= 0.6 is 0 Å². The molecule has 0 atom stereocenters. The van der Waals surface area contributed by atoms with Crippen molar-refractivity contribution in [1.82, 2.24) is 5.32 Å². The monoisotopic (exact) mass is 113 g/mol. The fourth-order valence-corrected chi connectivity index (χ4v) is 0.289. The Hall–Kier alpha value is -0.760. The molecule has 0 aliphatic heterocycles. The second kappa shape index (κ2) is 4.40. The molecular formula is C6H11NO. The summed E-state index contributed by atoms with van der Waals surface area (Å²) in [7, 11) is 0. The van der Waals surface area contributed by atoms with Gasteiger partial charge >= 0.3 is 0 Å². The minimum atomic E-state index is 0.132. The smallest absolute Gasteiger partial charge is 0.0604 e. The highest BCUT2D eigenvalue weighted by atomic mass is 16.3. The van der Waals surface area contributed by atoms with Crippen molar-refractivity contribution in [1.29, 1.82) is 0 Å². The Morgan fingerprint density at radius 1 is 1.75 bits per heavy atom. The second-order valence-electron chi connectivity index (χ2n) is 1.38. The van der Waals surface area contributed by atoms with E-state index in [2.05, 4.69) is 18.5 Å². The lowest BCUT2D eigenvalue weighted by Crippen LogP contribution is -2.15. The standard InChI is InChI=1S/C6H11NO/c1-3-6(2)7-4-5-8/h3,7-8H,1-2,4-5H2. The van der Waals surface area contributed by atoms with Crippen LogP contribution in [0.4, 0.5) is 0 Å². The Balaban J connectivity index is 3.11. The van der Waals surface area contributed by atoms with Gasteiger partial charge in [0, 0.05) is 12.2 Å². The first kappa shape index (κ1) is 7.24. The van der Waals surface area contributed by atoms with Crippen molar-refractivity contribution in [2.45, 2.75) is 0 Å². The molecule has 0 aliphatic rings. The lowest BCUT2D eigenvalue weighted by atomic mass is 10.5. The lowest BCUT2D eigenvalue weighted by Gasteiger charge is -1.99. The van der Waals surface area contributed by atoms with Gasteiger partial charge in [-0.25, -0.2) is 0 Å². The number of hydrogen-bond donors (Lipinski definition) is 2. The van der Waals surface area contributed by atoms with Crippen LogP contribution in [0.1, 0.15) is 0 Å². The van der Waals surface area contributed by atoms with Crippen molar-refractivity contribution in [3.63, 3.8) is 0 Å². The highest BCUT2D eigenvalue weighted by molar-refractivity contribution is 5.07. The molecule has 0 aliphatic carbocycles. The lowest BCUT2D eigenvalue weighted by molar-refractivity contribution is 0.297. The summed E-state index contributed by atoms with van der Waals surface area (Å²) >= 11 is 0.